The fraction of sp³-hybridized carbons (Fsp3) is 0.351. The molecular formula is C37H36N2O6. The summed E-state index contributed by atoms with van der Waals surface area (Å²) < 4.78 is 0. The summed E-state index contributed by atoms with van der Waals surface area (Å²) in [5.41, 5.74) is 3.39. The Morgan fingerprint density at radius 1 is 0.844 bits per heavy atom. The molecule has 6 atom stereocenters. The smallest absolute Gasteiger partial charge is 0.241 e. The number of hydrogen-bond acceptors (Lipinski definition) is 6. The van der Waals surface area contributed by atoms with Gasteiger partial charge in [-0.25, -0.2) is 4.90 Å². The van der Waals surface area contributed by atoms with Crippen molar-refractivity contribution in [3.63, 3.8) is 0 Å². The molecule has 3 aromatic carbocycles. The number of rotatable bonds is 5. The van der Waals surface area contributed by atoms with Crippen LogP contribution < -0.4 is 4.90 Å². The first-order chi connectivity index (χ1) is 21.5. The molecule has 4 amide bonds. The molecule has 1 saturated carbocycles. The average Bonchev–Trinajstić information content (AvgIpc) is 3.38. The molecule has 4 aliphatic rings. The number of allylic oxidation sites excluding steroid dienone is 2. The zero-order chi connectivity index (χ0) is 31.8. The predicted octanol–water partition coefficient (Wildman–Crippen LogP) is 5.19. The van der Waals surface area contributed by atoms with Crippen LogP contribution in [-0.4, -0.2) is 45.3 Å². The summed E-state index contributed by atoms with van der Waals surface area (Å²) in [4.78, 5) is 59.2. The molecule has 8 heteroatoms. The Labute approximate surface area is 262 Å². The van der Waals surface area contributed by atoms with Gasteiger partial charge in [0.15, 0.2) is 0 Å². The lowest BCUT2D eigenvalue weighted by molar-refractivity contribution is -0.140. The third kappa shape index (κ3) is 4.25. The van der Waals surface area contributed by atoms with E-state index in [1.54, 1.807) is 48.5 Å². The molecule has 2 aliphatic carbocycles. The number of imide groups is 2. The molecule has 0 bridgehead atoms. The lowest BCUT2D eigenvalue weighted by Gasteiger charge is -2.49. The molecule has 2 heterocycles. The molecule has 0 unspecified atom stereocenters. The summed E-state index contributed by atoms with van der Waals surface area (Å²) in [6, 6.07) is 19.5. The van der Waals surface area contributed by atoms with Crippen molar-refractivity contribution < 1.29 is 29.4 Å². The summed E-state index contributed by atoms with van der Waals surface area (Å²) in [5, 5.41) is 20.2. The molecule has 3 fully saturated rings. The van der Waals surface area contributed by atoms with Crippen molar-refractivity contribution >= 4 is 29.3 Å². The second kappa shape index (κ2) is 10.4. The van der Waals surface area contributed by atoms with Gasteiger partial charge in [0.2, 0.25) is 23.6 Å². The highest BCUT2D eigenvalue weighted by molar-refractivity contribution is 6.24. The second-order valence-electron chi connectivity index (χ2n) is 13.2. The highest BCUT2D eigenvalue weighted by atomic mass is 16.3. The number of fused-ring (bicyclic) bond motifs is 4. The van der Waals surface area contributed by atoms with Gasteiger partial charge in [0, 0.05) is 12.5 Å². The topological polar surface area (TPSA) is 115 Å². The number of aryl methyl sites for hydroxylation is 2. The molecule has 8 nitrogen and oxygen atoms in total. The van der Waals surface area contributed by atoms with E-state index in [-0.39, 0.29) is 47.6 Å². The highest BCUT2D eigenvalue weighted by Gasteiger charge is 2.67. The van der Waals surface area contributed by atoms with E-state index in [9.17, 15) is 29.4 Å². The van der Waals surface area contributed by atoms with Gasteiger partial charge in [0.25, 0.3) is 0 Å². The monoisotopic (exact) mass is 604 g/mol. The van der Waals surface area contributed by atoms with Gasteiger partial charge in [-0.2, -0.15) is 0 Å². The Kier molecular flexibility index (Phi) is 6.73. The van der Waals surface area contributed by atoms with Crippen molar-refractivity contribution in [2.75, 3.05) is 11.4 Å². The minimum absolute atomic E-state index is 0.153. The molecule has 2 aliphatic heterocycles. The van der Waals surface area contributed by atoms with Crippen molar-refractivity contribution in [2.24, 2.45) is 29.1 Å². The molecular weight excluding hydrogens is 568 g/mol. The Bertz CT molecular complexity index is 1760. The van der Waals surface area contributed by atoms with Gasteiger partial charge in [-0.05, 0) is 92.5 Å². The Balaban J connectivity index is 1.30. The fourth-order valence-electron chi connectivity index (χ4n) is 8.56. The first kappa shape index (κ1) is 29.0. The highest BCUT2D eigenvalue weighted by Crippen LogP contribution is 2.63. The van der Waals surface area contributed by atoms with Crippen LogP contribution in [0.2, 0.25) is 0 Å². The molecule has 0 radical (unpaired) electrons. The van der Waals surface area contributed by atoms with Gasteiger partial charge in [-0.15, -0.1) is 0 Å². The van der Waals surface area contributed by atoms with Gasteiger partial charge >= 0.3 is 0 Å². The van der Waals surface area contributed by atoms with Crippen LogP contribution in [0.5, 0.6) is 11.5 Å². The number of benzene rings is 3. The van der Waals surface area contributed by atoms with Gasteiger partial charge < -0.3 is 10.2 Å². The van der Waals surface area contributed by atoms with E-state index < -0.39 is 29.1 Å². The minimum atomic E-state index is -1.12. The normalized spacial score (nSPS) is 29.0. The van der Waals surface area contributed by atoms with E-state index in [4.69, 9.17) is 0 Å². The third-order valence-corrected chi connectivity index (χ3v) is 10.8. The van der Waals surface area contributed by atoms with Crippen LogP contribution in [0.4, 0.5) is 5.69 Å². The first-order valence-corrected chi connectivity index (χ1v) is 15.6. The lowest BCUT2D eigenvalue weighted by Crippen LogP contribution is -2.49. The van der Waals surface area contributed by atoms with E-state index in [0.717, 1.165) is 16.7 Å². The van der Waals surface area contributed by atoms with Crippen LogP contribution in [0.1, 0.15) is 47.9 Å². The largest absolute Gasteiger partial charge is 0.508 e. The third-order valence-electron chi connectivity index (χ3n) is 10.8. The van der Waals surface area contributed by atoms with Crippen LogP contribution in [0.25, 0.3) is 0 Å². The number of carbonyl (C=O) groups is 4. The molecule has 2 saturated heterocycles. The Morgan fingerprint density at radius 2 is 1.51 bits per heavy atom. The maximum Gasteiger partial charge on any atom is 0.241 e. The molecule has 2 N–H and O–H groups in total. The molecule has 0 aromatic heterocycles. The maximum atomic E-state index is 14.5. The molecule has 230 valence electrons. The number of amides is 4. The molecule has 3 aromatic rings. The van der Waals surface area contributed by atoms with Gasteiger partial charge in [0.1, 0.15) is 11.5 Å². The van der Waals surface area contributed by atoms with Crippen molar-refractivity contribution in [1.29, 1.82) is 0 Å². The zero-order valence-corrected chi connectivity index (χ0v) is 25.6. The predicted molar refractivity (Wildman–Crippen MR) is 167 cm³/mol. The van der Waals surface area contributed by atoms with E-state index >= 15 is 0 Å². The number of carbonyl (C=O) groups excluding carboxylic acids is 4. The summed E-state index contributed by atoms with van der Waals surface area (Å²) in [6.07, 6.45) is 3.20. The molecule has 0 spiro atoms. The van der Waals surface area contributed by atoms with E-state index in [2.05, 4.69) is 0 Å². The van der Waals surface area contributed by atoms with Gasteiger partial charge in [-0.1, -0.05) is 54.1 Å². The lowest BCUT2D eigenvalue weighted by atomic mass is 9.51. The van der Waals surface area contributed by atoms with E-state index in [1.807, 2.05) is 45.0 Å². The van der Waals surface area contributed by atoms with Crippen molar-refractivity contribution in [3.8, 4) is 11.5 Å². The van der Waals surface area contributed by atoms with Crippen LogP contribution >= 0.6 is 0 Å². The van der Waals surface area contributed by atoms with Crippen molar-refractivity contribution in [2.45, 2.75) is 46.0 Å². The summed E-state index contributed by atoms with van der Waals surface area (Å²) in [6.45, 7) is 5.75. The second-order valence-corrected chi connectivity index (χ2v) is 13.2. The quantitative estimate of drug-likeness (QED) is 0.306. The number of para-hydroxylation sites is 1. The molecule has 45 heavy (non-hydrogen) atoms. The standard InChI is InChI=1S/C37H36N2O6/c1-20-17-23(18-21(2)32(20)41)31-26-13-14-27-30(35(44)38(33(27)42)16-15-22-9-11-25(40)12-10-22)28(26)19-29-34(43)39(36(45)37(29,31)3)24-7-5-4-6-8-24/h4-13,17-18,27-31,40-41H,14-16,19H2,1-3H3/t27-,28+,29-,30-,31-,37+/m0/s1. The van der Waals surface area contributed by atoms with Gasteiger partial charge in [-0.3, -0.25) is 24.1 Å². The van der Waals surface area contributed by atoms with Crippen molar-refractivity contribution in [3.05, 3.63) is 101 Å². The van der Waals surface area contributed by atoms with Crippen LogP contribution in [-0.2, 0) is 25.6 Å². The van der Waals surface area contributed by atoms with Crippen LogP contribution in [0.15, 0.2) is 78.4 Å². The zero-order valence-electron chi connectivity index (χ0n) is 25.6. The number of hydrogen-bond donors (Lipinski definition) is 2. The van der Waals surface area contributed by atoms with Crippen LogP contribution in [0, 0.1) is 42.9 Å². The van der Waals surface area contributed by atoms with Crippen molar-refractivity contribution in [1.82, 2.24) is 4.90 Å². The Morgan fingerprint density at radius 3 is 2.18 bits per heavy atom. The average molecular weight is 605 g/mol. The van der Waals surface area contributed by atoms with E-state index in [0.29, 0.717) is 36.1 Å². The number of anilines is 1. The Hall–Kier alpha value is -4.72. The number of phenols is 2. The number of nitrogens with zero attached hydrogens (tertiary/aromatic N) is 2. The molecule has 7 rings (SSSR count). The first-order valence-electron chi connectivity index (χ1n) is 15.6. The number of likely N-dealkylation sites (tertiary alicyclic amines) is 1. The summed E-state index contributed by atoms with van der Waals surface area (Å²) in [7, 11) is 0. The number of phenolic OH excluding ortho intramolecular Hbond substituents is 2. The van der Waals surface area contributed by atoms with Crippen LogP contribution in [0.3, 0.4) is 0 Å². The summed E-state index contributed by atoms with van der Waals surface area (Å²) in [5.74, 6) is -3.37. The minimum Gasteiger partial charge on any atom is -0.508 e. The maximum absolute atomic E-state index is 14.5. The summed E-state index contributed by atoms with van der Waals surface area (Å²) >= 11 is 0. The van der Waals surface area contributed by atoms with E-state index in [1.165, 1.54) is 9.80 Å². The fourth-order valence-corrected chi connectivity index (χ4v) is 8.56. The van der Waals surface area contributed by atoms with Gasteiger partial charge in [0.05, 0.1) is 28.9 Å². The number of aromatic hydroxyl groups is 2. The SMILES string of the molecule is Cc1cc([C@H]2C3=CC[C@@H]4C(=O)N(CCc5ccc(O)cc5)C(=O)[C@@H]4[C@@H]3C[C@H]3C(=O)N(c4ccccc4)C(=O)[C@@]23C)cc(C)c1O.